The molecule has 0 spiro atoms. The summed E-state index contributed by atoms with van der Waals surface area (Å²) in [5, 5.41) is 9.16. The van der Waals surface area contributed by atoms with Gasteiger partial charge in [0.25, 0.3) is 0 Å². The van der Waals surface area contributed by atoms with E-state index in [1.54, 1.807) is 14.2 Å². The Hall–Kier alpha value is -2.40. The van der Waals surface area contributed by atoms with Crippen molar-refractivity contribution in [2.45, 2.75) is 0 Å². The molecule has 1 rings (SSSR count). The number of hydrogen-bond donors (Lipinski definition) is 0. The molecule has 0 saturated carbocycles. The minimum atomic E-state index is -0.657. The molecular formula is C19H26N2O5. The minimum absolute atomic E-state index is 0.0514. The van der Waals surface area contributed by atoms with Crippen molar-refractivity contribution < 1.29 is 23.7 Å². The lowest BCUT2D eigenvalue weighted by Crippen LogP contribution is -2.30. The fraction of sp³-hybridized carbons (Fsp3) is 0.474. The van der Waals surface area contributed by atoms with Crippen LogP contribution in [0.3, 0.4) is 0 Å². The summed E-state index contributed by atoms with van der Waals surface area (Å²) in [5.74, 6) is -0.657. The molecule has 0 aliphatic rings. The lowest BCUT2D eigenvalue weighted by atomic mass is 10.1. The van der Waals surface area contributed by atoms with Crippen LogP contribution in [0.4, 0.5) is 5.69 Å². The van der Waals surface area contributed by atoms with E-state index in [0.717, 1.165) is 24.3 Å². The van der Waals surface area contributed by atoms with Crippen LogP contribution in [0.5, 0.6) is 0 Å². The summed E-state index contributed by atoms with van der Waals surface area (Å²) in [6.45, 7) is 3.10. The second-order valence-electron chi connectivity index (χ2n) is 5.36. The van der Waals surface area contributed by atoms with E-state index in [2.05, 4.69) is 4.90 Å². The smallest absolute Gasteiger partial charge is 0.348 e. The first kappa shape index (κ1) is 21.6. The molecule has 0 N–H and O–H groups in total. The maximum Gasteiger partial charge on any atom is 0.348 e. The molecule has 0 saturated heterocycles. The first-order chi connectivity index (χ1) is 12.7. The maximum atomic E-state index is 11.9. The highest BCUT2D eigenvalue weighted by Gasteiger charge is 2.11. The third kappa shape index (κ3) is 7.66. The van der Waals surface area contributed by atoms with Crippen LogP contribution in [0.1, 0.15) is 5.56 Å². The summed E-state index contributed by atoms with van der Waals surface area (Å²) >= 11 is 0. The van der Waals surface area contributed by atoms with E-state index in [4.69, 9.17) is 24.2 Å². The number of benzene rings is 1. The highest BCUT2D eigenvalue weighted by atomic mass is 16.6. The average Bonchev–Trinajstić information content (AvgIpc) is 2.67. The van der Waals surface area contributed by atoms with Gasteiger partial charge >= 0.3 is 5.97 Å². The fourth-order valence-electron chi connectivity index (χ4n) is 2.15. The van der Waals surface area contributed by atoms with Crippen LogP contribution in [0, 0.1) is 11.3 Å². The molecule has 0 atom stereocenters. The van der Waals surface area contributed by atoms with Gasteiger partial charge < -0.3 is 23.8 Å². The summed E-state index contributed by atoms with van der Waals surface area (Å²) in [4.78, 5) is 14.0. The van der Waals surface area contributed by atoms with E-state index < -0.39 is 5.97 Å². The maximum absolute atomic E-state index is 11.9. The van der Waals surface area contributed by atoms with Crippen LogP contribution in [0.25, 0.3) is 6.08 Å². The monoisotopic (exact) mass is 362 g/mol. The topological polar surface area (TPSA) is 81.0 Å². The molecule has 0 bridgehead atoms. The zero-order valence-electron chi connectivity index (χ0n) is 15.6. The Labute approximate surface area is 154 Å². The summed E-state index contributed by atoms with van der Waals surface area (Å²) in [6, 6.07) is 9.44. The molecule has 0 aromatic heterocycles. The Balaban J connectivity index is 2.82. The molecule has 0 aliphatic carbocycles. The molecule has 0 fully saturated rings. The van der Waals surface area contributed by atoms with Gasteiger partial charge in [-0.25, -0.2) is 4.79 Å². The zero-order chi connectivity index (χ0) is 19.2. The molecule has 1 aromatic carbocycles. The van der Waals surface area contributed by atoms with Crippen molar-refractivity contribution in [2.24, 2.45) is 0 Å². The van der Waals surface area contributed by atoms with Gasteiger partial charge in [-0.1, -0.05) is 12.1 Å². The van der Waals surface area contributed by atoms with E-state index in [-0.39, 0.29) is 18.8 Å². The standard InChI is InChI=1S/C19H26N2O5/c1-23-10-8-21(9-11-24-2)18-6-4-16(5-7-18)14-17(15-20)19(22)26-13-12-25-3/h4-7,14H,8-13H2,1-3H3/b17-14-. The van der Waals surface area contributed by atoms with Crippen LogP contribution in [-0.2, 0) is 23.7 Å². The molecule has 0 aliphatic heterocycles. The Morgan fingerprint density at radius 2 is 1.58 bits per heavy atom. The van der Waals surface area contributed by atoms with E-state index in [9.17, 15) is 4.79 Å². The van der Waals surface area contributed by atoms with Gasteiger partial charge in [0.15, 0.2) is 0 Å². The number of nitriles is 1. The predicted molar refractivity (Wildman–Crippen MR) is 98.8 cm³/mol. The van der Waals surface area contributed by atoms with Crippen LogP contribution in [0.2, 0.25) is 0 Å². The zero-order valence-corrected chi connectivity index (χ0v) is 15.6. The third-order valence-corrected chi connectivity index (χ3v) is 3.56. The Morgan fingerprint density at radius 3 is 2.08 bits per heavy atom. The quantitative estimate of drug-likeness (QED) is 0.243. The molecule has 0 heterocycles. The van der Waals surface area contributed by atoms with Crippen molar-refractivity contribution in [3.63, 3.8) is 0 Å². The van der Waals surface area contributed by atoms with Crippen LogP contribution >= 0.6 is 0 Å². The second-order valence-corrected chi connectivity index (χ2v) is 5.36. The van der Waals surface area contributed by atoms with Crippen molar-refractivity contribution in [1.29, 1.82) is 5.26 Å². The van der Waals surface area contributed by atoms with Crippen LogP contribution in [0.15, 0.2) is 29.8 Å². The van der Waals surface area contributed by atoms with Crippen molar-refractivity contribution in [3.05, 3.63) is 35.4 Å². The molecule has 0 amide bonds. The van der Waals surface area contributed by atoms with E-state index in [0.29, 0.717) is 13.2 Å². The molecule has 0 unspecified atom stereocenters. The van der Waals surface area contributed by atoms with E-state index in [1.807, 2.05) is 30.3 Å². The van der Waals surface area contributed by atoms with Gasteiger partial charge in [-0.3, -0.25) is 0 Å². The third-order valence-electron chi connectivity index (χ3n) is 3.56. The number of hydrogen-bond acceptors (Lipinski definition) is 7. The lowest BCUT2D eigenvalue weighted by molar-refractivity contribution is -0.139. The van der Waals surface area contributed by atoms with E-state index >= 15 is 0 Å². The molecular weight excluding hydrogens is 336 g/mol. The summed E-state index contributed by atoms with van der Waals surface area (Å²) in [7, 11) is 4.84. The highest BCUT2D eigenvalue weighted by Crippen LogP contribution is 2.17. The van der Waals surface area contributed by atoms with Gasteiger partial charge in [-0.05, 0) is 23.8 Å². The van der Waals surface area contributed by atoms with Crippen LogP contribution in [-0.4, -0.2) is 66.8 Å². The molecule has 26 heavy (non-hydrogen) atoms. The number of esters is 1. The van der Waals surface area contributed by atoms with Gasteiger partial charge in [0, 0.05) is 40.1 Å². The first-order valence-corrected chi connectivity index (χ1v) is 8.27. The number of carbonyl (C=O) groups is 1. The number of rotatable bonds is 12. The SMILES string of the molecule is COCCOC(=O)/C(C#N)=C\c1ccc(N(CCOC)CCOC)cc1. The average molecular weight is 362 g/mol. The lowest BCUT2D eigenvalue weighted by Gasteiger charge is -2.24. The number of nitrogens with zero attached hydrogens (tertiary/aromatic N) is 2. The fourth-order valence-corrected chi connectivity index (χ4v) is 2.15. The molecule has 7 nitrogen and oxygen atoms in total. The number of ether oxygens (including phenoxy) is 4. The van der Waals surface area contributed by atoms with Crippen LogP contribution < -0.4 is 4.90 Å². The normalized spacial score (nSPS) is 11.1. The van der Waals surface area contributed by atoms with Gasteiger partial charge in [-0.2, -0.15) is 5.26 Å². The molecule has 142 valence electrons. The summed E-state index contributed by atoms with van der Waals surface area (Å²) < 4.78 is 20.1. The van der Waals surface area contributed by atoms with Crippen molar-refractivity contribution in [2.75, 3.05) is 65.7 Å². The Kier molecular flexibility index (Phi) is 10.7. The summed E-state index contributed by atoms with van der Waals surface area (Å²) in [5.41, 5.74) is 1.70. The summed E-state index contributed by atoms with van der Waals surface area (Å²) in [6.07, 6.45) is 1.51. The molecule has 1 aromatic rings. The minimum Gasteiger partial charge on any atom is -0.459 e. The predicted octanol–water partition coefficient (Wildman–Crippen LogP) is 1.88. The second kappa shape index (κ2) is 12.9. The Morgan fingerprint density at radius 1 is 1.00 bits per heavy atom. The van der Waals surface area contributed by atoms with Gasteiger partial charge in [0.2, 0.25) is 0 Å². The number of carbonyl (C=O) groups excluding carboxylic acids is 1. The van der Waals surface area contributed by atoms with E-state index in [1.165, 1.54) is 13.2 Å². The largest absolute Gasteiger partial charge is 0.459 e. The van der Waals surface area contributed by atoms with Gasteiger partial charge in [-0.15, -0.1) is 0 Å². The molecule has 0 radical (unpaired) electrons. The number of anilines is 1. The number of methoxy groups -OCH3 is 3. The van der Waals surface area contributed by atoms with Gasteiger partial charge in [0.05, 0.1) is 19.8 Å². The van der Waals surface area contributed by atoms with Crippen molar-refractivity contribution in [3.8, 4) is 6.07 Å². The molecule has 7 heteroatoms. The Bertz CT molecular complexity index is 599. The van der Waals surface area contributed by atoms with Gasteiger partial charge in [0.1, 0.15) is 18.2 Å². The van der Waals surface area contributed by atoms with Crippen molar-refractivity contribution in [1.82, 2.24) is 0 Å². The van der Waals surface area contributed by atoms with Crippen molar-refractivity contribution >= 4 is 17.7 Å². The first-order valence-electron chi connectivity index (χ1n) is 8.27. The highest BCUT2D eigenvalue weighted by molar-refractivity contribution is 5.97.